The molecule has 0 amide bonds. The van der Waals surface area contributed by atoms with E-state index >= 15 is 0 Å². The average Bonchev–Trinajstić information content (AvgIpc) is 1.67. The first kappa shape index (κ1) is 105. The molecule has 0 radical (unpaired) electrons. The Labute approximate surface area is 863 Å². The van der Waals surface area contributed by atoms with E-state index in [9.17, 15) is 71.5 Å². The summed E-state index contributed by atoms with van der Waals surface area (Å²) < 4.78 is 19.8. The van der Waals surface area contributed by atoms with Crippen LogP contribution in [-0.4, -0.2) is 71.5 Å². The number of phenols is 14. The number of thiazole rings is 6. The molecule has 660 valence electrons. The van der Waals surface area contributed by atoms with Crippen LogP contribution in [0.25, 0.3) is 134 Å². The molecule has 0 aliphatic rings. The van der Waals surface area contributed by atoms with Gasteiger partial charge in [-0.05, 0) is 151 Å². The smallest absolute Gasteiger partial charge is 0.262 e. The molecule has 12 aromatic carbocycles. The fourth-order valence-corrected chi connectivity index (χ4v) is 19.1. The van der Waals surface area contributed by atoms with Gasteiger partial charge in [0.2, 0.25) is 38.8 Å². The maximum atomic E-state index is 9.80. The molecule has 0 aliphatic heterocycles. The number of hydrogen-bond acceptors (Lipinski definition) is 20. The number of aromatic hydroxyl groups is 14. The van der Waals surface area contributed by atoms with Crippen molar-refractivity contribution >= 4 is 202 Å². The third kappa shape index (κ3) is 25.8. The average molecular weight is 2500 g/mol. The third-order valence-corrected chi connectivity index (χ3v) is 26.5. The van der Waals surface area contributed by atoms with Gasteiger partial charge >= 0.3 is 0 Å². The van der Waals surface area contributed by atoms with E-state index in [1.807, 2.05) is 170 Å². The third-order valence-electron chi connectivity index (χ3n) is 19.4. The summed E-state index contributed by atoms with van der Waals surface area (Å²) in [7, 11) is 12.0. The zero-order valence-corrected chi connectivity index (χ0v) is 86.5. The summed E-state index contributed by atoms with van der Waals surface area (Å²) in [5.41, 5.74) is 10.5. The summed E-state index contributed by atoms with van der Waals surface area (Å²) in [5, 5.41) is 140. The minimum atomic E-state index is -0.502. The van der Waals surface area contributed by atoms with Gasteiger partial charge in [0, 0.05) is 102 Å². The Bertz CT molecular complexity index is 7060. The van der Waals surface area contributed by atoms with Crippen LogP contribution in [0.5, 0.6) is 80.5 Å². The van der Waals surface area contributed by atoms with Crippen LogP contribution in [0.15, 0.2) is 243 Å². The van der Waals surface area contributed by atoms with Crippen LogP contribution >= 0.6 is 68.0 Å². The van der Waals surface area contributed by atoms with E-state index in [4.69, 9.17) is 0 Å². The van der Waals surface area contributed by atoms with Crippen LogP contribution < -0.4 is 171 Å². The maximum Gasteiger partial charge on any atom is 0.262 e. The molecule has 128 heavy (non-hydrogen) atoms. The van der Waals surface area contributed by atoms with Gasteiger partial charge in [-0.1, -0.05) is 159 Å². The summed E-state index contributed by atoms with van der Waals surface area (Å²) in [5.74, 6) is -2.13. The van der Waals surface area contributed by atoms with Crippen molar-refractivity contribution in [3.8, 4) is 80.5 Å². The second-order valence-electron chi connectivity index (χ2n) is 27.5. The summed E-state index contributed by atoms with van der Waals surface area (Å²) in [4.78, 5) is 0. The molecule has 18 rings (SSSR count). The van der Waals surface area contributed by atoms with E-state index in [0.29, 0.717) is 27.8 Å². The van der Waals surface area contributed by atoms with Crippen molar-refractivity contribution in [1.82, 2.24) is 0 Å². The first-order valence-corrected chi connectivity index (χ1v) is 42.5. The Morgan fingerprint density at radius 3 is 0.820 bits per heavy atom. The molecule has 0 bridgehead atoms. The van der Waals surface area contributed by atoms with Gasteiger partial charge in [-0.2, -0.15) is 27.4 Å². The van der Waals surface area contributed by atoms with Crippen LogP contribution in [0.3, 0.4) is 0 Å². The fourth-order valence-electron chi connectivity index (χ4n) is 12.8. The van der Waals surface area contributed by atoms with Crippen molar-refractivity contribution in [2.24, 2.45) is 42.3 Å². The van der Waals surface area contributed by atoms with Crippen LogP contribution in [0.1, 0.15) is 63.4 Å². The van der Waals surface area contributed by atoms with Crippen molar-refractivity contribution in [2.75, 3.05) is 0 Å². The summed E-state index contributed by atoms with van der Waals surface area (Å²) >= 11 is 10.0. The molecule has 0 spiro atoms. The molecule has 6 aromatic heterocycles. The summed E-state index contributed by atoms with van der Waals surface area (Å²) in [6.07, 6.45) is 22.3. The van der Waals surface area contributed by atoms with Gasteiger partial charge in [-0.15, -0.1) is 0 Å². The monoisotopic (exact) mass is 2500 g/mol. The second-order valence-corrected chi connectivity index (χ2v) is 33.9. The van der Waals surface area contributed by atoms with Crippen LogP contribution in [0.2, 0.25) is 0 Å². The van der Waals surface area contributed by atoms with Gasteiger partial charge < -0.3 is 215 Å². The zero-order chi connectivity index (χ0) is 86.4. The van der Waals surface area contributed by atoms with Crippen LogP contribution in [-0.2, 0) is 42.3 Å². The van der Waals surface area contributed by atoms with E-state index in [-0.39, 0.29) is 213 Å². The van der Waals surface area contributed by atoms with Gasteiger partial charge in [0.25, 0.3) is 30.0 Å². The summed E-state index contributed by atoms with van der Waals surface area (Å²) in [6.45, 7) is 0. The molecule has 32 heteroatoms. The molecule has 6 heterocycles. The second kappa shape index (κ2) is 48.6. The number of aromatic nitrogens is 6. The van der Waals surface area contributed by atoms with E-state index in [1.54, 1.807) is 153 Å². The minimum Gasteiger partial charge on any atom is -1.00 e. The Morgan fingerprint density at radius 1 is 0.195 bits per heavy atom. The molecule has 0 saturated carbocycles. The van der Waals surface area contributed by atoms with Gasteiger partial charge in [-0.3, -0.25) is 0 Å². The van der Waals surface area contributed by atoms with Crippen molar-refractivity contribution in [3.63, 3.8) is 0 Å². The molecule has 0 unspecified atom stereocenters. The van der Waals surface area contributed by atoms with Gasteiger partial charge in [-0.25, -0.2) is 0 Å². The highest BCUT2D eigenvalue weighted by atomic mass is 127. The molecule has 0 saturated heterocycles. The lowest BCUT2D eigenvalue weighted by atomic mass is 10.1. The van der Waals surface area contributed by atoms with Crippen molar-refractivity contribution in [1.29, 1.82) is 0 Å². The fraction of sp³-hybridized carbons (Fsp3) is 0.0625. The lowest BCUT2D eigenvalue weighted by Crippen LogP contribution is -3.00. The number of phenolic OH excluding ortho intramolecular Hbond substituents is 14. The molecule has 0 atom stereocenters. The Hall–Kier alpha value is -10.0. The molecular formula is C96H84I6N6O14S6. The number of rotatable bonds is 12. The molecule has 20 nitrogen and oxygen atoms in total. The Kier molecular flexibility index (Phi) is 39.9. The lowest BCUT2D eigenvalue weighted by molar-refractivity contribution is -0.642. The van der Waals surface area contributed by atoms with Crippen LogP contribution in [0.4, 0.5) is 0 Å². The standard InChI is InChI=1S/2C16H13NO3S.4C16H13NO2S.6HI/c1-17-11-4-2-3-5-13(11)21-14(17)9-7-10-6-8-12(18)16(20)15(10)19;1-17-11-4-2-3-5-14(11)21-15(17)7-6-10-8-12(18)16(20)13(19)9-10;1-17-12-6-2-3-8-14(12)20-15(17)10-9-11-5-4-7-13(18)16(11)19;1-17-12-5-2-3-8-15(12)20-16(17)10-9-11-13(18)6-4-7-14(11)19;1-17-13-4-2-3-5-15(13)20-16(17)9-7-11-6-8-12(18)10-14(11)19;1-17-14-4-2-3-5-15(14)20-16(17)7-6-11-8-12(18)10-13(19)9-11;;;;;;/h2-9H,1H3,(H2,18,19,20);2-9,18-19H,1H3;2-10,18H,1H3;2*2-10H,1H3,(H,18,19);2-10H,1H3,(H-,18,19);6*1H/b;;;;;7-6+;;;;;;. The number of aryl methyl sites for hydroxylation is 6. The number of nitrogens with zero attached hydrogens (tertiary/aromatic N) is 6. The lowest BCUT2D eigenvalue weighted by Gasteiger charge is -2.02. The molecule has 0 aliphatic carbocycles. The molecule has 18 aromatic rings. The normalized spacial score (nSPS) is 10.9. The van der Waals surface area contributed by atoms with Gasteiger partial charge in [0.1, 0.15) is 105 Å². The van der Waals surface area contributed by atoms with Gasteiger partial charge in [0.05, 0.1) is 5.56 Å². The number of hydrogen-bond donors (Lipinski definition) is 14. The molecular weight excluding hydrogens is 2410 g/mol. The first-order valence-electron chi connectivity index (χ1n) is 37.6. The quantitative estimate of drug-likeness (QED) is 0.0466. The van der Waals surface area contributed by atoms with E-state index in [2.05, 4.69) is 94.1 Å². The minimum absolute atomic E-state index is 0. The maximum absolute atomic E-state index is 9.80. The van der Waals surface area contributed by atoms with E-state index in [0.717, 1.165) is 46.6 Å². The predicted octanol–water partition coefficient (Wildman–Crippen LogP) is 1.28. The predicted molar refractivity (Wildman–Crippen MR) is 494 cm³/mol. The van der Waals surface area contributed by atoms with Gasteiger partial charge in [0.15, 0.2) is 40.2 Å². The van der Waals surface area contributed by atoms with E-state index in [1.165, 1.54) is 86.7 Å². The van der Waals surface area contributed by atoms with E-state index < -0.39 is 11.5 Å². The van der Waals surface area contributed by atoms with Crippen molar-refractivity contribution in [2.45, 2.75) is 0 Å². The number of para-hydroxylation sites is 7. The highest BCUT2D eigenvalue weighted by Crippen LogP contribution is 2.40. The number of fused-ring (bicyclic) bond motifs is 6. The molecule has 0 fully saturated rings. The SMILES string of the molecule is C[n+]1c(/C=C/c2c(O)cccc2O)sc2ccccc21.C[n+]1c(/C=C/c2cc(O)c(O)c(O)c2)sc2ccccc21.C[n+]1c(/C=C/c2cc(O)cc(O)c2)sc2ccccc21.C[n+]1c(/C=C/c2ccc(O)c(O)c2O)sc2ccccc21.C[n+]1c(/C=C/c2ccc(O)cc2O)sc2ccccc21.C[n+]1c(/C=C/c2cccc(O)c2O)sc2ccccc21.[I-].[I-].[I-].[I-].[I-].[I-]. The summed E-state index contributed by atoms with van der Waals surface area (Å²) in [6, 6.07) is 73.6. The molecule has 14 N–H and O–H groups in total. The number of halogens is 6. The van der Waals surface area contributed by atoms with Crippen LogP contribution in [0, 0.1) is 0 Å². The highest BCUT2D eigenvalue weighted by molar-refractivity contribution is 7.20. The highest BCUT2D eigenvalue weighted by Gasteiger charge is 2.21. The Balaban J connectivity index is 0.000000208. The first-order chi connectivity index (χ1) is 58.7. The van der Waals surface area contributed by atoms with Crippen molar-refractivity contribution in [3.05, 3.63) is 306 Å². The number of benzene rings is 12. The largest absolute Gasteiger partial charge is 1.00 e. The topological polar surface area (TPSA) is 306 Å². The Morgan fingerprint density at radius 2 is 0.477 bits per heavy atom. The zero-order valence-electron chi connectivity index (χ0n) is 68.7. The van der Waals surface area contributed by atoms with Crippen molar-refractivity contribution < 1.29 is 243 Å².